The molecule has 29 heavy (non-hydrogen) atoms. The fourth-order valence-corrected chi connectivity index (χ4v) is 3.12. The van der Waals surface area contributed by atoms with Crippen LogP contribution in [0.1, 0.15) is 5.56 Å². The number of rotatable bonds is 10. The van der Waals surface area contributed by atoms with Crippen molar-refractivity contribution < 1.29 is 23.7 Å². The minimum atomic E-state index is 0. The van der Waals surface area contributed by atoms with E-state index >= 15 is 0 Å². The Morgan fingerprint density at radius 3 is 2.03 bits per heavy atom. The Kier molecular flexibility index (Phi) is 13.8. The molecule has 1 N–H and O–H groups in total. The fourth-order valence-electron chi connectivity index (χ4n) is 3.12. The van der Waals surface area contributed by atoms with Crippen LogP contribution in [0.15, 0.2) is 12.1 Å². The Morgan fingerprint density at radius 1 is 0.966 bits per heavy atom. The average molecular weight is 454 g/mol. The summed E-state index contributed by atoms with van der Waals surface area (Å²) in [6, 6.07) is 3.94. The Labute approximate surface area is 185 Å². The lowest BCUT2D eigenvalue weighted by Gasteiger charge is -2.35. The van der Waals surface area contributed by atoms with Crippen LogP contribution in [0.3, 0.4) is 0 Å². The van der Waals surface area contributed by atoms with Crippen LogP contribution in [0.5, 0.6) is 17.2 Å². The molecular formula is C19H33Cl2N3O5. The number of halogens is 2. The first-order valence-corrected chi connectivity index (χ1v) is 9.11. The van der Waals surface area contributed by atoms with Gasteiger partial charge in [-0.1, -0.05) is 0 Å². The highest BCUT2D eigenvalue weighted by Crippen LogP contribution is 2.38. The predicted molar refractivity (Wildman–Crippen MR) is 117 cm³/mol. The zero-order chi connectivity index (χ0) is 19.6. The molecule has 0 saturated carbocycles. The third kappa shape index (κ3) is 8.06. The van der Waals surface area contributed by atoms with Crippen LogP contribution < -0.4 is 19.5 Å². The second-order valence-corrected chi connectivity index (χ2v) is 6.36. The molecule has 0 bridgehead atoms. The molecule has 0 aromatic heterocycles. The van der Waals surface area contributed by atoms with Crippen LogP contribution in [0.25, 0.3) is 0 Å². The number of benzene rings is 1. The van der Waals surface area contributed by atoms with Crippen LogP contribution in [0, 0.1) is 0 Å². The lowest BCUT2D eigenvalue weighted by Crippen LogP contribution is -2.50. The summed E-state index contributed by atoms with van der Waals surface area (Å²) in [6.07, 6.45) is 0. The third-order valence-electron chi connectivity index (χ3n) is 4.61. The van der Waals surface area contributed by atoms with Gasteiger partial charge in [0.15, 0.2) is 11.5 Å². The molecule has 1 heterocycles. The summed E-state index contributed by atoms with van der Waals surface area (Å²) in [6.45, 7) is 5.55. The lowest BCUT2D eigenvalue weighted by atomic mass is 10.1. The maximum Gasteiger partial charge on any atom is 0.236 e. The highest BCUT2D eigenvalue weighted by molar-refractivity contribution is 5.85. The van der Waals surface area contributed by atoms with Gasteiger partial charge in [0.2, 0.25) is 11.7 Å². The molecule has 10 heteroatoms. The van der Waals surface area contributed by atoms with Crippen LogP contribution in [-0.2, 0) is 16.1 Å². The molecule has 168 valence electrons. The van der Waals surface area contributed by atoms with Crippen molar-refractivity contribution in [1.82, 2.24) is 15.1 Å². The maximum atomic E-state index is 12.2. The quantitative estimate of drug-likeness (QED) is 0.537. The van der Waals surface area contributed by atoms with Crippen molar-refractivity contribution in [1.29, 1.82) is 0 Å². The number of carbonyl (C=O) groups excluding carboxylic acids is 1. The van der Waals surface area contributed by atoms with Gasteiger partial charge in [-0.25, -0.2) is 0 Å². The number of methoxy groups -OCH3 is 4. The maximum absolute atomic E-state index is 12.2. The van der Waals surface area contributed by atoms with Crippen molar-refractivity contribution in [3.8, 4) is 17.2 Å². The van der Waals surface area contributed by atoms with E-state index in [1.165, 1.54) is 0 Å². The largest absolute Gasteiger partial charge is 0.493 e. The van der Waals surface area contributed by atoms with Gasteiger partial charge in [0.25, 0.3) is 0 Å². The molecule has 1 fully saturated rings. The van der Waals surface area contributed by atoms with Crippen LogP contribution in [0.2, 0.25) is 0 Å². The van der Waals surface area contributed by atoms with Gasteiger partial charge in [-0.2, -0.15) is 0 Å². The van der Waals surface area contributed by atoms with Gasteiger partial charge >= 0.3 is 0 Å². The van der Waals surface area contributed by atoms with Crippen LogP contribution in [-0.4, -0.2) is 90.0 Å². The normalized spacial score (nSPS) is 13.9. The first kappa shape index (κ1) is 27.5. The highest BCUT2D eigenvalue weighted by atomic mass is 35.5. The number of hydrogen-bond donors (Lipinski definition) is 1. The van der Waals surface area contributed by atoms with Crippen molar-refractivity contribution >= 4 is 30.7 Å². The Balaban J connectivity index is 0.00000392. The predicted octanol–water partition coefficient (Wildman–Crippen LogP) is 1.44. The summed E-state index contributed by atoms with van der Waals surface area (Å²) >= 11 is 0. The van der Waals surface area contributed by atoms with Crippen molar-refractivity contribution in [2.45, 2.75) is 6.54 Å². The first-order valence-electron chi connectivity index (χ1n) is 9.11. The molecular weight excluding hydrogens is 421 g/mol. The number of amides is 1. The molecule has 1 aromatic rings. The number of piperazine rings is 1. The Hall–Kier alpha value is -1.45. The standard InChI is InChI=1S/C19H31N3O5.2ClH/c1-24-10-5-20-13-18(23)22-8-6-21(7-9-22)14-15-11-16(25-2)19(27-4)17(12-15)26-3;;/h11-12,20H,5-10,13-14H2,1-4H3;2*1H. The van der Waals surface area contributed by atoms with E-state index in [0.717, 1.165) is 38.3 Å². The smallest absolute Gasteiger partial charge is 0.236 e. The first-order chi connectivity index (χ1) is 13.1. The molecule has 0 aliphatic carbocycles. The lowest BCUT2D eigenvalue weighted by molar-refractivity contribution is -0.132. The van der Waals surface area contributed by atoms with Crippen molar-refractivity contribution in [3.05, 3.63) is 17.7 Å². The molecule has 1 aromatic carbocycles. The molecule has 0 radical (unpaired) electrons. The van der Waals surface area contributed by atoms with Crippen molar-refractivity contribution in [2.24, 2.45) is 0 Å². The minimum absolute atomic E-state index is 0. The molecule has 1 amide bonds. The van der Waals surface area contributed by atoms with E-state index in [-0.39, 0.29) is 30.7 Å². The number of nitrogens with zero attached hydrogens (tertiary/aromatic N) is 2. The Morgan fingerprint density at radius 2 is 1.55 bits per heavy atom. The van der Waals surface area contributed by atoms with E-state index in [1.54, 1.807) is 28.4 Å². The minimum Gasteiger partial charge on any atom is -0.493 e. The van der Waals surface area contributed by atoms with Gasteiger partial charge in [0.1, 0.15) is 0 Å². The van der Waals surface area contributed by atoms with Gasteiger partial charge in [0.05, 0.1) is 34.5 Å². The summed E-state index contributed by atoms with van der Waals surface area (Å²) < 4.78 is 21.2. The van der Waals surface area contributed by atoms with Gasteiger partial charge in [-0.05, 0) is 17.7 Å². The van der Waals surface area contributed by atoms with Gasteiger partial charge < -0.3 is 29.2 Å². The van der Waals surface area contributed by atoms with E-state index in [9.17, 15) is 4.79 Å². The van der Waals surface area contributed by atoms with Crippen LogP contribution >= 0.6 is 24.8 Å². The zero-order valence-electron chi connectivity index (χ0n) is 17.6. The second-order valence-electron chi connectivity index (χ2n) is 6.36. The summed E-state index contributed by atoms with van der Waals surface area (Å²) in [4.78, 5) is 16.5. The molecule has 2 rings (SSSR count). The number of carbonyl (C=O) groups is 1. The van der Waals surface area contributed by atoms with E-state index in [4.69, 9.17) is 18.9 Å². The summed E-state index contributed by atoms with van der Waals surface area (Å²) in [5, 5.41) is 3.10. The van der Waals surface area contributed by atoms with E-state index in [2.05, 4.69) is 10.2 Å². The molecule has 1 aliphatic rings. The summed E-state index contributed by atoms with van der Waals surface area (Å²) in [5.74, 6) is 2.05. The molecule has 1 aliphatic heterocycles. The van der Waals surface area contributed by atoms with Crippen LogP contribution in [0.4, 0.5) is 0 Å². The molecule has 1 saturated heterocycles. The van der Waals surface area contributed by atoms with Gasteiger partial charge in [0, 0.05) is 46.4 Å². The third-order valence-corrected chi connectivity index (χ3v) is 4.61. The molecule has 0 atom stereocenters. The number of hydrogen-bond acceptors (Lipinski definition) is 7. The number of nitrogens with one attached hydrogen (secondary N) is 1. The van der Waals surface area contributed by atoms with Crippen molar-refractivity contribution in [3.63, 3.8) is 0 Å². The van der Waals surface area contributed by atoms with Gasteiger partial charge in [-0.3, -0.25) is 9.69 Å². The van der Waals surface area contributed by atoms with E-state index in [0.29, 0.717) is 36.9 Å². The molecule has 8 nitrogen and oxygen atoms in total. The van der Waals surface area contributed by atoms with E-state index in [1.807, 2.05) is 17.0 Å². The molecule has 0 spiro atoms. The Bertz CT molecular complexity index is 589. The average Bonchev–Trinajstić information content (AvgIpc) is 2.70. The van der Waals surface area contributed by atoms with Gasteiger partial charge in [-0.15, -0.1) is 24.8 Å². The second kappa shape index (κ2) is 14.5. The highest BCUT2D eigenvalue weighted by Gasteiger charge is 2.22. The molecule has 0 unspecified atom stereocenters. The van der Waals surface area contributed by atoms with Crippen molar-refractivity contribution in [2.75, 3.05) is 74.3 Å². The number of ether oxygens (including phenoxy) is 4. The summed E-state index contributed by atoms with van der Waals surface area (Å²) in [5.41, 5.74) is 1.09. The monoisotopic (exact) mass is 453 g/mol. The topological polar surface area (TPSA) is 72.5 Å². The van der Waals surface area contributed by atoms with E-state index < -0.39 is 0 Å². The summed E-state index contributed by atoms with van der Waals surface area (Å²) in [7, 11) is 6.48. The zero-order valence-corrected chi connectivity index (χ0v) is 19.2. The SMILES string of the molecule is COCCNCC(=O)N1CCN(Cc2cc(OC)c(OC)c(OC)c2)CC1.Cl.Cl. The fraction of sp³-hybridized carbons (Fsp3) is 0.632.